The Hall–Kier alpha value is -1.70. The van der Waals surface area contributed by atoms with Gasteiger partial charge in [0.05, 0.1) is 18.1 Å². The number of amides is 2. The number of carbonyl (C=O) groups excluding carboxylic acids is 1. The van der Waals surface area contributed by atoms with Crippen LogP contribution in [0, 0.1) is 6.92 Å². The van der Waals surface area contributed by atoms with E-state index in [0.717, 1.165) is 5.56 Å². The molecule has 0 aliphatic carbocycles. The van der Waals surface area contributed by atoms with Gasteiger partial charge in [0.1, 0.15) is 6.04 Å². The Morgan fingerprint density at radius 2 is 2.35 bits per heavy atom. The number of nitrogens with zero attached hydrogens (tertiary/aromatic N) is 3. The lowest BCUT2D eigenvalue weighted by Gasteiger charge is -2.25. The van der Waals surface area contributed by atoms with E-state index in [-0.39, 0.29) is 11.4 Å². The lowest BCUT2D eigenvalue weighted by atomic mass is 10.3. The number of carboxylic acid groups (broad SMARTS) is 1. The molecule has 2 heterocycles. The van der Waals surface area contributed by atoms with Crippen molar-refractivity contribution in [1.82, 2.24) is 20.0 Å². The number of urea groups is 1. The molecule has 2 atom stereocenters. The molecule has 0 spiro atoms. The summed E-state index contributed by atoms with van der Waals surface area (Å²) in [6.07, 6.45) is 3.64. The van der Waals surface area contributed by atoms with Gasteiger partial charge in [-0.2, -0.15) is 5.10 Å². The normalized spacial score (nSPS) is 22.0. The molecule has 0 bridgehead atoms. The molecule has 0 radical (unpaired) electrons. The molecule has 1 saturated heterocycles. The molecular weight excluding hydrogens is 280 g/mol. The van der Waals surface area contributed by atoms with Gasteiger partial charge < -0.3 is 10.4 Å². The molecule has 110 valence electrons. The fourth-order valence-corrected chi connectivity index (χ4v) is 3.27. The molecule has 2 rings (SSSR count). The first-order chi connectivity index (χ1) is 9.49. The van der Waals surface area contributed by atoms with Crippen LogP contribution in [0.25, 0.3) is 0 Å². The molecule has 1 aromatic heterocycles. The zero-order valence-corrected chi connectivity index (χ0v) is 12.3. The molecule has 1 aliphatic rings. The first-order valence-electron chi connectivity index (χ1n) is 6.38. The maximum atomic E-state index is 12.1. The van der Waals surface area contributed by atoms with Crippen molar-refractivity contribution in [2.24, 2.45) is 0 Å². The SMILES string of the molecule is Cc1cnn(CCNC(=O)N2C(C)SCC2C(=O)O)c1. The largest absolute Gasteiger partial charge is 0.480 e. The van der Waals surface area contributed by atoms with Crippen LogP contribution in [0.15, 0.2) is 12.4 Å². The number of aliphatic carboxylic acids is 1. The summed E-state index contributed by atoms with van der Waals surface area (Å²) in [6.45, 7) is 4.76. The van der Waals surface area contributed by atoms with Crippen LogP contribution < -0.4 is 5.32 Å². The topological polar surface area (TPSA) is 87.5 Å². The first-order valence-corrected chi connectivity index (χ1v) is 7.43. The van der Waals surface area contributed by atoms with Crippen molar-refractivity contribution in [3.63, 3.8) is 0 Å². The van der Waals surface area contributed by atoms with E-state index in [1.807, 2.05) is 20.0 Å². The molecule has 2 unspecified atom stereocenters. The number of nitrogens with one attached hydrogen (secondary N) is 1. The quantitative estimate of drug-likeness (QED) is 0.856. The highest BCUT2D eigenvalue weighted by atomic mass is 32.2. The number of carbonyl (C=O) groups is 2. The van der Waals surface area contributed by atoms with Crippen molar-refractivity contribution in [2.75, 3.05) is 12.3 Å². The van der Waals surface area contributed by atoms with Crippen LogP contribution in [0.2, 0.25) is 0 Å². The van der Waals surface area contributed by atoms with Crippen molar-refractivity contribution in [1.29, 1.82) is 0 Å². The van der Waals surface area contributed by atoms with Crippen LogP contribution in [0.5, 0.6) is 0 Å². The van der Waals surface area contributed by atoms with E-state index in [1.165, 1.54) is 16.7 Å². The Morgan fingerprint density at radius 1 is 1.60 bits per heavy atom. The highest BCUT2D eigenvalue weighted by Gasteiger charge is 2.39. The molecule has 7 nitrogen and oxygen atoms in total. The second-order valence-corrected chi connectivity index (χ2v) is 6.06. The smallest absolute Gasteiger partial charge is 0.327 e. The predicted octanol–water partition coefficient (Wildman–Crippen LogP) is 0.749. The second kappa shape index (κ2) is 6.17. The highest BCUT2D eigenvalue weighted by Crippen LogP contribution is 2.28. The summed E-state index contributed by atoms with van der Waals surface area (Å²) in [6, 6.07) is -1.08. The summed E-state index contributed by atoms with van der Waals surface area (Å²) in [5.74, 6) is -0.526. The van der Waals surface area contributed by atoms with E-state index in [2.05, 4.69) is 10.4 Å². The first kappa shape index (κ1) is 14.7. The molecule has 2 N–H and O–H groups in total. The van der Waals surface area contributed by atoms with E-state index >= 15 is 0 Å². The van der Waals surface area contributed by atoms with Crippen molar-refractivity contribution in [2.45, 2.75) is 31.8 Å². The average molecular weight is 298 g/mol. The minimum atomic E-state index is -0.959. The van der Waals surface area contributed by atoms with E-state index < -0.39 is 12.0 Å². The Morgan fingerprint density at radius 3 is 2.95 bits per heavy atom. The van der Waals surface area contributed by atoms with E-state index in [0.29, 0.717) is 18.8 Å². The van der Waals surface area contributed by atoms with Gasteiger partial charge in [0.2, 0.25) is 0 Å². The van der Waals surface area contributed by atoms with Crippen LogP contribution in [-0.4, -0.2) is 55.5 Å². The lowest BCUT2D eigenvalue weighted by Crippen LogP contribution is -2.50. The van der Waals surface area contributed by atoms with Gasteiger partial charge >= 0.3 is 12.0 Å². The number of hydrogen-bond donors (Lipinski definition) is 2. The summed E-state index contributed by atoms with van der Waals surface area (Å²) < 4.78 is 1.74. The van der Waals surface area contributed by atoms with Crippen molar-refractivity contribution >= 4 is 23.8 Å². The maximum absolute atomic E-state index is 12.1. The van der Waals surface area contributed by atoms with Crippen molar-refractivity contribution in [3.05, 3.63) is 18.0 Å². The van der Waals surface area contributed by atoms with Crippen LogP contribution >= 0.6 is 11.8 Å². The molecule has 1 aromatic rings. The predicted molar refractivity (Wildman–Crippen MR) is 75.5 cm³/mol. The average Bonchev–Trinajstić information content (AvgIpc) is 2.95. The van der Waals surface area contributed by atoms with Gasteiger partial charge in [-0.15, -0.1) is 11.8 Å². The van der Waals surface area contributed by atoms with E-state index in [1.54, 1.807) is 10.9 Å². The van der Waals surface area contributed by atoms with Gasteiger partial charge in [0, 0.05) is 18.5 Å². The Labute approximate surface area is 121 Å². The highest BCUT2D eigenvalue weighted by molar-refractivity contribution is 8.00. The van der Waals surface area contributed by atoms with Gasteiger partial charge in [-0.1, -0.05) is 0 Å². The minimum absolute atomic E-state index is 0.122. The van der Waals surface area contributed by atoms with Gasteiger partial charge in [0.15, 0.2) is 0 Å². The van der Waals surface area contributed by atoms with E-state index in [4.69, 9.17) is 5.11 Å². The lowest BCUT2D eigenvalue weighted by molar-refractivity contribution is -0.141. The number of carboxylic acids is 1. The molecule has 20 heavy (non-hydrogen) atoms. The van der Waals surface area contributed by atoms with E-state index in [9.17, 15) is 9.59 Å². The van der Waals surface area contributed by atoms with Crippen LogP contribution in [0.1, 0.15) is 12.5 Å². The molecule has 2 amide bonds. The van der Waals surface area contributed by atoms with Crippen molar-refractivity contribution in [3.8, 4) is 0 Å². The summed E-state index contributed by atoms with van der Waals surface area (Å²) in [4.78, 5) is 24.6. The third-order valence-corrected chi connectivity index (χ3v) is 4.34. The van der Waals surface area contributed by atoms with Gasteiger partial charge in [-0.05, 0) is 19.4 Å². The molecule has 0 aromatic carbocycles. The van der Waals surface area contributed by atoms with Gasteiger partial charge in [-0.3, -0.25) is 9.58 Å². The molecule has 0 saturated carbocycles. The molecular formula is C12H18N4O3S. The monoisotopic (exact) mass is 298 g/mol. The fraction of sp³-hybridized carbons (Fsp3) is 0.583. The number of hydrogen-bond acceptors (Lipinski definition) is 4. The Balaban J connectivity index is 1.86. The standard InChI is InChI=1S/C12H18N4O3S/c1-8-5-14-15(6-8)4-3-13-12(19)16-9(2)20-7-10(16)11(17)18/h5-6,9-10H,3-4,7H2,1-2H3,(H,13,19)(H,17,18). The summed E-state index contributed by atoms with van der Waals surface area (Å²) in [5.41, 5.74) is 1.06. The maximum Gasteiger partial charge on any atom is 0.327 e. The summed E-state index contributed by atoms with van der Waals surface area (Å²) in [7, 11) is 0. The summed E-state index contributed by atoms with van der Waals surface area (Å²) >= 11 is 1.47. The zero-order valence-electron chi connectivity index (χ0n) is 11.4. The van der Waals surface area contributed by atoms with Crippen molar-refractivity contribution < 1.29 is 14.7 Å². The summed E-state index contributed by atoms with van der Waals surface area (Å²) in [5, 5.41) is 15.9. The van der Waals surface area contributed by atoms with Crippen LogP contribution in [0.4, 0.5) is 4.79 Å². The number of rotatable bonds is 4. The Bertz CT molecular complexity index is 505. The third kappa shape index (κ3) is 3.24. The fourth-order valence-electron chi connectivity index (χ4n) is 2.10. The van der Waals surface area contributed by atoms with Crippen LogP contribution in [0.3, 0.4) is 0 Å². The third-order valence-electron chi connectivity index (χ3n) is 3.12. The number of aryl methyl sites for hydroxylation is 1. The zero-order chi connectivity index (χ0) is 14.7. The Kier molecular flexibility index (Phi) is 4.53. The minimum Gasteiger partial charge on any atom is -0.480 e. The second-order valence-electron chi connectivity index (χ2n) is 4.71. The molecule has 8 heteroatoms. The van der Waals surface area contributed by atoms with Crippen LogP contribution in [-0.2, 0) is 11.3 Å². The van der Waals surface area contributed by atoms with Gasteiger partial charge in [0.25, 0.3) is 0 Å². The molecule has 1 aliphatic heterocycles. The molecule has 1 fully saturated rings. The number of aromatic nitrogens is 2. The van der Waals surface area contributed by atoms with Gasteiger partial charge in [-0.25, -0.2) is 9.59 Å². The number of thioether (sulfide) groups is 1.